The fraction of sp³-hybridized carbons (Fsp3) is 0.342. The molecule has 0 saturated carbocycles. The van der Waals surface area contributed by atoms with Crippen molar-refractivity contribution in [2.45, 2.75) is 51.1 Å². The molecule has 7 nitrogen and oxygen atoms in total. The van der Waals surface area contributed by atoms with Gasteiger partial charge in [0.05, 0.1) is 24.5 Å². The van der Waals surface area contributed by atoms with Crippen molar-refractivity contribution in [3.05, 3.63) is 133 Å². The van der Waals surface area contributed by atoms with Gasteiger partial charge in [0.1, 0.15) is 6.61 Å². The lowest BCUT2D eigenvalue weighted by molar-refractivity contribution is -0.150. The molecule has 0 fully saturated rings. The monoisotopic (exact) mass is 610 g/mol. The molecule has 0 bridgehead atoms. The summed E-state index contributed by atoms with van der Waals surface area (Å²) in [4.78, 5) is 41.9. The molecule has 0 aliphatic carbocycles. The van der Waals surface area contributed by atoms with Crippen LogP contribution >= 0.6 is 0 Å². The topological polar surface area (TPSA) is 95.9 Å². The third-order valence-corrected chi connectivity index (χ3v) is 7.66. The zero-order valence-electron chi connectivity index (χ0n) is 26.1. The van der Waals surface area contributed by atoms with E-state index in [0.717, 1.165) is 16.7 Å². The number of hydrogen-bond acceptors (Lipinski definition) is 5. The summed E-state index contributed by atoms with van der Waals surface area (Å²) in [7, 11) is 0. The van der Waals surface area contributed by atoms with Crippen LogP contribution in [0.15, 0.2) is 116 Å². The van der Waals surface area contributed by atoms with Crippen molar-refractivity contribution in [3.63, 3.8) is 0 Å². The molecular formula is C38H46N2O5. The summed E-state index contributed by atoms with van der Waals surface area (Å²) in [5, 5.41) is 12.7. The molecule has 3 aromatic carbocycles. The average Bonchev–Trinajstić information content (AvgIpc) is 3.06. The van der Waals surface area contributed by atoms with E-state index in [0.29, 0.717) is 38.6 Å². The molecule has 3 atom stereocenters. The van der Waals surface area contributed by atoms with Crippen molar-refractivity contribution in [1.82, 2.24) is 10.2 Å². The molecule has 2 amide bonds. The number of allylic oxidation sites excluding steroid dienone is 2. The number of carbonyl (C=O) groups is 3. The second kappa shape index (κ2) is 19.7. The number of ether oxygens (including phenoxy) is 1. The molecule has 0 radical (unpaired) electrons. The molecule has 3 rings (SSSR count). The van der Waals surface area contributed by atoms with Gasteiger partial charge in [0.15, 0.2) is 0 Å². The summed E-state index contributed by atoms with van der Waals surface area (Å²) in [5.41, 5.74) is 2.98. The van der Waals surface area contributed by atoms with Gasteiger partial charge in [-0.05, 0) is 48.8 Å². The highest BCUT2D eigenvalue weighted by Crippen LogP contribution is 2.18. The van der Waals surface area contributed by atoms with Crippen LogP contribution in [0, 0.1) is 11.8 Å². The van der Waals surface area contributed by atoms with Gasteiger partial charge in [-0.3, -0.25) is 14.4 Å². The zero-order valence-corrected chi connectivity index (χ0v) is 26.1. The smallest absolute Gasteiger partial charge is 0.309 e. The Bertz CT molecular complexity index is 1330. The molecule has 0 saturated heterocycles. The first-order chi connectivity index (χ1) is 21.9. The SMILES string of the molecule is C=CCC[C@H](Cc1ccccc1)C(=O)OC[C@H](Cc1ccccc1)NC(=O)[C@H](CC=C)CC(=O)N(CCO)Cc1ccccc1. The van der Waals surface area contributed by atoms with Gasteiger partial charge in [-0.2, -0.15) is 0 Å². The summed E-state index contributed by atoms with van der Waals surface area (Å²) in [6.45, 7) is 7.92. The molecule has 0 heterocycles. The summed E-state index contributed by atoms with van der Waals surface area (Å²) in [5.74, 6) is -1.86. The van der Waals surface area contributed by atoms with Gasteiger partial charge in [0.2, 0.25) is 11.8 Å². The van der Waals surface area contributed by atoms with Crippen LogP contribution in [0.1, 0.15) is 42.4 Å². The van der Waals surface area contributed by atoms with Crippen LogP contribution in [0.2, 0.25) is 0 Å². The molecule has 0 aromatic heterocycles. The van der Waals surface area contributed by atoms with Crippen molar-refractivity contribution in [1.29, 1.82) is 0 Å². The van der Waals surface area contributed by atoms with E-state index in [-0.39, 0.29) is 49.9 Å². The minimum atomic E-state index is -0.667. The highest BCUT2D eigenvalue weighted by Gasteiger charge is 2.27. The van der Waals surface area contributed by atoms with Crippen LogP contribution in [0.4, 0.5) is 0 Å². The quantitative estimate of drug-likeness (QED) is 0.127. The van der Waals surface area contributed by atoms with Crippen LogP contribution in [-0.2, 0) is 38.5 Å². The van der Waals surface area contributed by atoms with Crippen molar-refractivity contribution in [2.75, 3.05) is 19.8 Å². The highest BCUT2D eigenvalue weighted by molar-refractivity contribution is 5.86. The Morgan fingerprint density at radius 3 is 1.93 bits per heavy atom. The Hall–Kier alpha value is -4.49. The highest BCUT2D eigenvalue weighted by atomic mass is 16.5. The van der Waals surface area contributed by atoms with Gasteiger partial charge in [0.25, 0.3) is 0 Å². The maximum absolute atomic E-state index is 13.6. The van der Waals surface area contributed by atoms with Crippen LogP contribution in [-0.4, -0.2) is 53.6 Å². The summed E-state index contributed by atoms with van der Waals surface area (Å²) in [6, 6.07) is 28.6. The Morgan fingerprint density at radius 1 is 0.800 bits per heavy atom. The first-order valence-corrected chi connectivity index (χ1v) is 15.6. The number of rotatable bonds is 20. The molecule has 238 valence electrons. The number of esters is 1. The van der Waals surface area contributed by atoms with Gasteiger partial charge in [0, 0.05) is 19.5 Å². The third kappa shape index (κ3) is 12.6. The number of benzene rings is 3. The number of hydrogen-bond donors (Lipinski definition) is 2. The Balaban J connectivity index is 1.71. The minimum absolute atomic E-state index is 0.00174. The van der Waals surface area contributed by atoms with Crippen LogP contribution < -0.4 is 5.32 Å². The van der Waals surface area contributed by atoms with E-state index in [9.17, 15) is 19.5 Å². The second-order valence-corrected chi connectivity index (χ2v) is 11.2. The third-order valence-electron chi connectivity index (χ3n) is 7.66. The zero-order chi connectivity index (χ0) is 32.3. The van der Waals surface area contributed by atoms with Gasteiger partial charge in [-0.15, -0.1) is 13.2 Å². The van der Waals surface area contributed by atoms with E-state index in [1.807, 2.05) is 91.0 Å². The van der Waals surface area contributed by atoms with Crippen LogP contribution in [0.5, 0.6) is 0 Å². The van der Waals surface area contributed by atoms with Gasteiger partial charge < -0.3 is 20.1 Å². The molecule has 2 N–H and O–H groups in total. The lowest BCUT2D eigenvalue weighted by Crippen LogP contribution is -2.45. The number of aliphatic hydroxyl groups excluding tert-OH is 1. The van der Waals surface area contributed by atoms with Crippen molar-refractivity contribution in [2.24, 2.45) is 11.8 Å². The Labute approximate surface area is 267 Å². The molecule has 45 heavy (non-hydrogen) atoms. The van der Waals surface area contributed by atoms with Gasteiger partial charge in [-0.25, -0.2) is 0 Å². The van der Waals surface area contributed by atoms with Gasteiger partial charge in [-0.1, -0.05) is 103 Å². The maximum Gasteiger partial charge on any atom is 0.309 e. The van der Waals surface area contributed by atoms with Crippen molar-refractivity contribution in [3.8, 4) is 0 Å². The molecule has 0 unspecified atom stereocenters. The fourth-order valence-electron chi connectivity index (χ4n) is 5.23. The predicted octanol–water partition coefficient (Wildman–Crippen LogP) is 5.69. The van der Waals surface area contributed by atoms with E-state index < -0.39 is 12.0 Å². The fourth-order valence-corrected chi connectivity index (χ4v) is 5.23. The standard InChI is InChI=1S/C38H46N2O5/c1-3-5-22-34(25-30-16-9-6-10-17-30)38(44)45-29-35(26-31-18-11-7-12-19-31)39-37(43)33(15-4-2)27-36(42)40(23-24-41)28-32-20-13-8-14-21-32/h3-4,6-14,16-21,33-35,41H,1-2,5,15,22-29H2,(H,39,43)/t33-,34-,35+/m1/s1. The largest absolute Gasteiger partial charge is 0.463 e. The van der Waals surface area contributed by atoms with Crippen molar-refractivity contribution >= 4 is 17.8 Å². The van der Waals surface area contributed by atoms with E-state index in [2.05, 4.69) is 18.5 Å². The summed E-state index contributed by atoms with van der Waals surface area (Å²) >= 11 is 0. The Kier molecular flexibility index (Phi) is 15.3. The second-order valence-electron chi connectivity index (χ2n) is 11.2. The van der Waals surface area contributed by atoms with Crippen LogP contribution in [0.25, 0.3) is 0 Å². The number of nitrogens with one attached hydrogen (secondary N) is 1. The lowest BCUT2D eigenvalue weighted by Gasteiger charge is -2.26. The normalized spacial score (nSPS) is 12.7. The lowest BCUT2D eigenvalue weighted by atomic mass is 9.95. The van der Waals surface area contributed by atoms with E-state index in [1.54, 1.807) is 17.1 Å². The Morgan fingerprint density at radius 2 is 1.38 bits per heavy atom. The summed E-state index contributed by atoms with van der Waals surface area (Å²) in [6.07, 6.45) is 6.00. The average molecular weight is 611 g/mol. The first kappa shape index (κ1) is 35.0. The number of amides is 2. The van der Waals surface area contributed by atoms with E-state index >= 15 is 0 Å². The molecule has 0 aliphatic heterocycles. The molecule has 3 aromatic rings. The number of aliphatic hydroxyl groups is 1. The van der Waals surface area contributed by atoms with E-state index in [4.69, 9.17) is 4.74 Å². The van der Waals surface area contributed by atoms with Crippen LogP contribution in [0.3, 0.4) is 0 Å². The molecule has 0 spiro atoms. The molecule has 0 aliphatic rings. The number of carbonyl (C=O) groups excluding carboxylic acids is 3. The minimum Gasteiger partial charge on any atom is -0.463 e. The predicted molar refractivity (Wildman–Crippen MR) is 178 cm³/mol. The summed E-state index contributed by atoms with van der Waals surface area (Å²) < 4.78 is 5.86. The molecular weight excluding hydrogens is 564 g/mol. The van der Waals surface area contributed by atoms with Gasteiger partial charge >= 0.3 is 5.97 Å². The molecule has 7 heteroatoms. The number of nitrogens with zero attached hydrogens (tertiary/aromatic N) is 1. The maximum atomic E-state index is 13.6. The van der Waals surface area contributed by atoms with Crippen molar-refractivity contribution < 1.29 is 24.2 Å². The first-order valence-electron chi connectivity index (χ1n) is 15.6. The van der Waals surface area contributed by atoms with E-state index in [1.165, 1.54) is 0 Å².